The first-order valence-electron chi connectivity index (χ1n) is 5.88. The van der Waals surface area contributed by atoms with Gasteiger partial charge in [-0.25, -0.2) is 9.18 Å². The summed E-state index contributed by atoms with van der Waals surface area (Å²) in [6, 6.07) is 11.3. The van der Waals surface area contributed by atoms with Crippen LogP contribution in [0.1, 0.15) is 17.3 Å². The lowest BCUT2D eigenvalue weighted by Gasteiger charge is -2.06. The van der Waals surface area contributed by atoms with Crippen LogP contribution in [0.25, 0.3) is 11.1 Å². The zero-order chi connectivity index (χ0) is 13.8. The van der Waals surface area contributed by atoms with Gasteiger partial charge in [0.05, 0.1) is 12.2 Å². The maximum absolute atomic E-state index is 13.6. The van der Waals surface area contributed by atoms with Crippen LogP contribution in [-0.2, 0) is 0 Å². The van der Waals surface area contributed by atoms with Crippen LogP contribution in [0.4, 0.5) is 4.39 Å². The number of hydrogen-bond acceptors (Lipinski definition) is 2. The summed E-state index contributed by atoms with van der Waals surface area (Å²) in [6.07, 6.45) is 0. The Morgan fingerprint density at radius 2 is 1.79 bits per heavy atom. The van der Waals surface area contributed by atoms with Gasteiger partial charge in [0, 0.05) is 0 Å². The van der Waals surface area contributed by atoms with E-state index in [2.05, 4.69) is 0 Å². The number of carbonyl (C=O) groups is 1. The second-order valence-electron chi connectivity index (χ2n) is 3.96. The van der Waals surface area contributed by atoms with Crippen LogP contribution in [0.3, 0.4) is 0 Å². The largest absolute Gasteiger partial charge is 0.494 e. The Morgan fingerprint density at radius 1 is 1.16 bits per heavy atom. The normalized spacial score (nSPS) is 10.2. The molecule has 0 fully saturated rings. The van der Waals surface area contributed by atoms with Gasteiger partial charge in [0.1, 0.15) is 11.6 Å². The highest BCUT2D eigenvalue weighted by Gasteiger charge is 2.11. The number of carboxylic acids is 1. The molecular weight excluding hydrogens is 247 g/mol. The van der Waals surface area contributed by atoms with E-state index in [0.29, 0.717) is 12.2 Å². The molecule has 19 heavy (non-hydrogen) atoms. The predicted octanol–water partition coefficient (Wildman–Crippen LogP) is 3.59. The van der Waals surface area contributed by atoms with Gasteiger partial charge in [-0.2, -0.15) is 0 Å². The van der Waals surface area contributed by atoms with Crippen LogP contribution in [0.15, 0.2) is 42.5 Å². The first-order valence-corrected chi connectivity index (χ1v) is 5.88. The van der Waals surface area contributed by atoms with Crippen LogP contribution in [0, 0.1) is 5.82 Å². The van der Waals surface area contributed by atoms with Gasteiger partial charge >= 0.3 is 5.97 Å². The maximum atomic E-state index is 13.6. The van der Waals surface area contributed by atoms with Crippen molar-refractivity contribution in [1.29, 1.82) is 0 Å². The Kier molecular flexibility index (Phi) is 3.80. The Bertz CT molecular complexity index is 591. The zero-order valence-electron chi connectivity index (χ0n) is 10.4. The highest BCUT2D eigenvalue weighted by molar-refractivity contribution is 5.88. The van der Waals surface area contributed by atoms with Crippen LogP contribution in [0.5, 0.6) is 5.75 Å². The SMILES string of the molecule is CCOc1ccc(-c2ccc(C(=O)O)c(F)c2)cc1. The molecule has 2 aromatic carbocycles. The molecule has 1 N–H and O–H groups in total. The fourth-order valence-electron chi connectivity index (χ4n) is 1.78. The molecule has 0 atom stereocenters. The summed E-state index contributed by atoms with van der Waals surface area (Å²) in [5.74, 6) is -1.26. The number of halogens is 1. The van der Waals surface area contributed by atoms with E-state index in [1.54, 1.807) is 30.3 Å². The number of ether oxygens (including phenoxy) is 1. The molecule has 0 heterocycles. The molecule has 98 valence electrons. The summed E-state index contributed by atoms with van der Waals surface area (Å²) < 4.78 is 18.9. The third-order valence-corrected chi connectivity index (χ3v) is 2.70. The minimum Gasteiger partial charge on any atom is -0.494 e. The smallest absolute Gasteiger partial charge is 0.338 e. The van der Waals surface area contributed by atoms with Crippen molar-refractivity contribution < 1.29 is 19.0 Å². The third kappa shape index (κ3) is 2.91. The molecule has 0 saturated carbocycles. The Morgan fingerprint density at radius 3 is 2.32 bits per heavy atom. The van der Waals surface area contributed by atoms with E-state index < -0.39 is 11.8 Å². The lowest BCUT2D eigenvalue weighted by atomic mass is 10.0. The minimum absolute atomic E-state index is 0.324. The summed E-state index contributed by atoms with van der Waals surface area (Å²) in [5.41, 5.74) is 1.11. The Balaban J connectivity index is 2.31. The van der Waals surface area contributed by atoms with Gasteiger partial charge < -0.3 is 9.84 Å². The zero-order valence-corrected chi connectivity index (χ0v) is 10.4. The van der Waals surface area contributed by atoms with Crippen molar-refractivity contribution in [2.75, 3.05) is 6.61 Å². The van der Waals surface area contributed by atoms with Gasteiger partial charge in [-0.1, -0.05) is 18.2 Å². The van der Waals surface area contributed by atoms with E-state index in [1.807, 2.05) is 6.92 Å². The van der Waals surface area contributed by atoms with Gasteiger partial charge in [-0.05, 0) is 42.3 Å². The van der Waals surface area contributed by atoms with Crippen molar-refractivity contribution in [2.45, 2.75) is 6.92 Å². The van der Waals surface area contributed by atoms with Gasteiger partial charge in [-0.3, -0.25) is 0 Å². The molecule has 2 aromatic rings. The summed E-state index contributed by atoms with van der Waals surface area (Å²) in [4.78, 5) is 10.7. The average molecular weight is 260 g/mol. The van der Waals surface area contributed by atoms with Gasteiger partial charge in [-0.15, -0.1) is 0 Å². The molecule has 0 amide bonds. The van der Waals surface area contributed by atoms with Crippen LogP contribution >= 0.6 is 0 Å². The highest BCUT2D eigenvalue weighted by atomic mass is 19.1. The molecule has 3 nitrogen and oxygen atoms in total. The molecule has 0 bridgehead atoms. The van der Waals surface area contributed by atoms with Crippen molar-refractivity contribution in [1.82, 2.24) is 0 Å². The standard InChI is InChI=1S/C15H13FO3/c1-2-19-12-6-3-10(4-7-12)11-5-8-13(15(17)18)14(16)9-11/h3-9H,2H2,1H3,(H,17,18). The second kappa shape index (κ2) is 5.52. The first-order chi connectivity index (χ1) is 9.11. The molecule has 0 saturated heterocycles. The topological polar surface area (TPSA) is 46.5 Å². The average Bonchev–Trinajstić information content (AvgIpc) is 2.39. The van der Waals surface area contributed by atoms with Gasteiger partial charge in [0.25, 0.3) is 0 Å². The molecule has 4 heteroatoms. The molecule has 0 unspecified atom stereocenters. The number of carboxylic acid groups (broad SMARTS) is 1. The quantitative estimate of drug-likeness (QED) is 0.913. The number of rotatable bonds is 4. The fourth-order valence-corrected chi connectivity index (χ4v) is 1.78. The molecule has 0 aliphatic heterocycles. The molecule has 0 spiro atoms. The van der Waals surface area contributed by atoms with E-state index in [-0.39, 0.29) is 5.56 Å². The Hall–Kier alpha value is -2.36. The van der Waals surface area contributed by atoms with Gasteiger partial charge in [0.15, 0.2) is 0 Å². The van der Waals surface area contributed by atoms with Crippen molar-refractivity contribution in [3.8, 4) is 16.9 Å². The lowest BCUT2D eigenvalue weighted by molar-refractivity contribution is 0.0692. The second-order valence-corrected chi connectivity index (χ2v) is 3.96. The van der Waals surface area contributed by atoms with E-state index in [0.717, 1.165) is 11.3 Å². The number of benzene rings is 2. The monoisotopic (exact) mass is 260 g/mol. The molecular formula is C15H13FO3. The lowest BCUT2D eigenvalue weighted by Crippen LogP contribution is -2.00. The van der Waals surface area contributed by atoms with Crippen LogP contribution < -0.4 is 4.74 Å². The van der Waals surface area contributed by atoms with Crippen molar-refractivity contribution in [3.63, 3.8) is 0 Å². The highest BCUT2D eigenvalue weighted by Crippen LogP contribution is 2.24. The van der Waals surface area contributed by atoms with Crippen LogP contribution in [-0.4, -0.2) is 17.7 Å². The maximum Gasteiger partial charge on any atom is 0.338 e. The van der Waals surface area contributed by atoms with Crippen molar-refractivity contribution in [2.24, 2.45) is 0 Å². The predicted molar refractivity (Wildman–Crippen MR) is 70.0 cm³/mol. The van der Waals surface area contributed by atoms with Crippen LogP contribution in [0.2, 0.25) is 0 Å². The fraction of sp³-hybridized carbons (Fsp3) is 0.133. The minimum atomic E-state index is -1.27. The van der Waals surface area contributed by atoms with E-state index >= 15 is 0 Å². The summed E-state index contributed by atoms with van der Waals surface area (Å²) in [5, 5.41) is 8.77. The summed E-state index contributed by atoms with van der Waals surface area (Å²) in [7, 11) is 0. The molecule has 0 aliphatic rings. The summed E-state index contributed by atoms with van der Waals surface area (Å²) in [6.45, 7) is 2.48. The van der Waals surface area contributed by atoms with Crippen molar-refractivity contribution in [3.05, 3.63) is 53.8 Å². The summed E-state index contributed by atoms with van der Waals surface area (Å²) >= 11 is 0. The van der Waals surface area contributed by atoms with E-state index in [1.165, 1.54) is 12.1 Å². The molecule has 0 aromatic heterocycles. The van der Waals surface area contributed by atoms with Gasteiger partial charge in [0.2, 0.25) is 0 Å². The number of hydrogen-bond donors (Lipinski definition) is 1. The first kappa shape index (κ1) is 13.1. The van der Waals surface area contributed by atoms with E-state index in [4.69, 9.17) is 9.84 Å². The molecule has 0 radical (unpaired) electrons. The molecule has 0 aliphatic carbocycles. The Labute approximate surface area is 110 Å². The number of aromatic carboxylic acids is 1. The van der Waals surface area contributed by atoms with Crippen molar-refractivity contribution >= 4 is 5.97 Å². The van der Waals surface area contributed by atoms with E-state index in [9.17, 15) is 9.18 Å². The third-order valence-electron chi connectivity index (χ3n) is 2.70. The molecule has 2 rings (SSSR count).